The van der Waals surface area contributed by atoms with Crippen LogP contribution in [-0.4, -0.2) is 63.8 Å². The number of likely N-dealkylation sites (tertiary alicyclic amines) is 2. The predicted octanol–water partition coefficient (Wildman–Crippen LogP) is 0.358. The van der Waals surface area contributed by atoms with Crippen LogP contribution in [0.5, 0.6) is 0 Å². The topological polar surface area (TPSA) is 81.1 Å². The summed E-state index contributed by atoms with van der Waals surface area (Å²) in [7, 11) is 0. The summed E-state index contributed by atoms with van der Waals surface area (Å²) in [6, 6.07) is -0.879. The molecule has 0 spiro atoms. The van der Waals surface area contributed by atoms with Crippen molar-refractivity contribution in [2.24, 2.45) is 11.8 Å². The zero-order valence-electron chi connectivity index (χ0n) is 10.9. The van der Waals surface area contributed by atoms with E-state index < -0.39 is 18.1 Å². The first kappa shape index (κ1) is 12.7. The van der Waals surface area contributed by atoms with E-state index in [-0.39, 0.29) is 11.9 Å². The highest BCUT2D eigenvalue weighted by atomic mass is 16.4. The van der Waals surface area contributed by atoms with Gasteiger partial charge in [-0.2, -0.15) is 0 Å². The fraction of sp³-hybridized carbons (Fsp3) is 0.846. The number of nitrogens with zero attached hydrogens (tertiary/aromatic N) is 2. The normalized spacial score (nSPS) is 37.7. The second-order valence-electron chi connectivity index (χ2n) is 5.96. The molecule has 19 heavy (non-hydrogen) atoms. The van der Waals surface area contributed by atoms with Crippen molar-refractivity contribution in [2.45, 2.75) is 37.8 Å². The number of hydrogen-bond donors (Lipinski definition) is 2. The van der Waals surface area contributed by atoms with Gasteiger partial charge < -0.3 is 20.0 Å². The molecule has 0 aromatic heterocycles. The maximum Gasteiger partial charge on any atom is 0.326 e. The first-order valence-electron chi connectivity index (χ1n) is 7.04. The number of carbonyl (C=O) groups is 2. The average Bonchev–Trinajstić information content (AvgIpc) is 3.00. The molecule has 3 aliphatic rings. The summed E-state index contributed by atoms with van der Waals surface area (Å²) >= 11 is 0. The zero-order chi connectivity index (χ0) is 13.6. The predicted molar refractivity (Wildman–Crippen MR) is 66.6 cm³/mol. The van der Waals surface area contributed by atoms with Crippen molar-refractivity contribution in [3.63, 3.8) is 0 Å². The molecule has 6 nitrogen and oxygen atoms in total. The minimum absolute atomic E-state index is 0.119. The van der Waals surface area contributed by atoms with Gasteiger partial charge in [0.05, 0.1) is 6.10 Å². The van der Waals surface area contributed by atoms with Gasteiger partial charge in [-0.1, -0.05) is 6.42 Å². The number of carboxylic acid groups (broad SMARTS) is 1. The van der Waals surface area contributed by atoms with Crippen LogP contribution in [0, 0.1) is 11.8 Å². The van der Waals surface area contributed by atoms with Crippen molar-refractivity contribution in [2.75, 3.05) is 19.6 Å². The Morgan fingerprint density at radius 2 is 1.89 bits per heavy atom. The molecule has 3 rings (SSSR count). The standard InChI is InChI=1S/C13H20N2O4/c16-9-4-5-14(7-9)13(19)15-6-8-2-1-3-10(8)11(15)12(17)18/h8-11,16H,1-7H2,(H,17,18). The molecule has 0 bridgehead atoms. The quantitative estimate of drug-likeness (QED) is 0.719. The third-order valence-corrected chi connectivity index (χ3v) is 4.82. The number of carboxylic acids is 1. The third kappa shape index (κ3) is 2.08. The molecule has 0 aromatic rings. The third-order valence-electron chi connectivity index (χ3n) is 4.82. The number of amides is 2. The minimum Gasteiger partial charge on any atom is -0.480 e. The second-order valence-corrected chi connectivity index (χ2v) is 5.96. The Hall–Kier alpha value is -1.30. The van der Waals surface area contributed by atoms with E-state index in [9.17, 15) is 19.8 Å². The lowest BCUT2D eigenvalue weighted by Gasteiger charge is -2.29. The van der Waals surface area contributed by atoms with E-state index in [4.69, 9.17) is 0 Å². The van der Waals surface area contributed by atoms with E-state index in [1.165, 1.54) is 4.90 Å². The van der Waals surface area contributed by atoms with Crippen molar-refractivity contribution < 1.29 is 19.8 Å². The number of urea groups is 1. The average molecular weight is 268 g/mol. The molecule has 4 unspecified atom stereocenters. The molecular weight excluding hydrogens is 248 g/mol. The Morgan fingerprint density at radius 3 is 2.53 bits per heavy atom. The van der Waals surface area contributed by atoms with Crippen LogP contribution in [0.15, 0.2) is 0 Å². The summed E-state index contributed by atoms with van der Waals surface area (Å²) in [6.45, 7) is 1.42. The largest absolute Gasteiger partial charge is 0.480 e. The zero-order valence-corrected chi connectivity index (χ0v) is 10.9. The van der Waals surface area contributed by atoms with Crippen LogP contribution >= 0.6 is 0 Å². The molecule has 2 N–H and O–H groups in total. The van der Waals surface area contributed by atoms with Gasteiger partial charge in [-0.05, 0) is 31.1 Å². The molecule has 2 amide bonds. The molecular formula is C13H20N2O4. The van der Waals surface area contributed by atoms with Crippen LogP contribution in [0.1, 0.15) is 25.7 Å². The van der Waals surface area contributed by atoms with E-state index in [0.717, 1.165) is 19.3 Å². The first-order valence-corrected chi connectivity index (χ1v) is 7.04. The van der Waals surface area contributed by atoms with Gasteiger partial charge in [-0.15, -0.1) is 0 Å². The fourth-order valence-electron chi connectivity index (χ4n) is 3.92. The molecule has 6 heteroatoms. The lowest BCUT2D eigenvalue weighted by molar-refractivity contribution is -0.142. The Kier molecular flexibility index (Phi) is 3.12. The van der Waals surface area contributed by atoms with E-state index in [0.29, 0.717) is 32.0 Å². The van der Waals surface area contributed by atoms with Gasteiger partial charge in [-0.25, -0.2) is 9.59 Å². The van der Waals surface area contributed by atoms with Gasteiger partial charge >= 0.3 is 12.0 Å². The summed E-state index contributed by atoms with van der Waals surface area (Å²) in [5, 5.41) is 18.9. The maximum atomic E-state index is 12.4. The van der Waals surface area contributed by atoms with E-state index in [2.05, 4.69) is 0 Å². The molecule has 1 saturated carbocycles. The number of β-amino-alcohol motifs (C(OH)–C–C–N with tert-alkyl or cyclic N) is 1. The van der Waals surface area contributed by atoms with Crippen LogP contribution in [-0.2, 0) is 4.79 Å². The molecule has 0 radical (unpaired) electrons. The van der Waals surface area contributed by atoms with Crippen molar-refractivity contribution in [1.29, 1.82) is 0 Å². The Morgan fingerprint density at radius 1 is 1.11 bits per heavy atom. The summed E-state index contributed by atoms with van der Waals surface area (Å²) in [5.74, 6) is -0.422. The Balaban J connectivity index is 1.76. The van der Waals surface area contributed by atoms with Crippen LogP contribution in [0.3, 0.4) is 0 Å². The van der Waals surface area contributed by atoms with Crippen LogP contribution in [0.4, 0.5) is 4.79 Å². The molecule has 106 valence electrons. The number of rotatable bonds is 1. The van der Waals surface area contributed by atoms with Crippen molar-refractivity contribution in [1.82, 2.24) is 9.80 Å². The van der Waals surface area contributed by atoms with Gasteiger partial charge in [0.25, 0.3) is 0 Å². The summed E-state index contributed by atoms with van der Waals surface area (Å²) in [6.07, 6.45) is 3.14. The van der Waals surface area contributed by atoms with E-state index >= 15 is 0 Å². The van der Waals surface area contributed by atoms with Gasteiger partial charge in [0, 0.05) is 19.6 Å². The van der Waals surface area contributed by atoms with E-state index in [1.54, 1.807) is 4.90 Å². The van der Waals surface area contributed by atoms with Crippen molar-refractivity contribution >= 4 is 12.0 Å². The number of aliphatic hydroxyl groups excluding tert-OH is 1. The number of fused-ring (bicyclic) bond motifs is 1. The number of hydrogen-bond acceptors (Lipinski definition) is 3. The minimum atomic E-state index is -0.887. The van der Waals surface area contributed by atoms with Gasteiger partial charge in [-0.3, -0.25) is 0 Å². The van der Waals surface area contributed by atoms with Crippen LogP contribution in [0.25, 0.3) is 0 Å². The second kappa shape index (κ2) is 4.67. The molecule has 0 aromatic carbocycles. The summed E-state index contributed by atoms with van der Waals surface area (Å²) < 4.78 is 0. The monoisotopic (exact) mass is 268 g/mol. The summed E-state index contributed by atoms with van der Waals surface area (Å²) in [5.41, 5.74) is 0. The van der Waals surface area contributed by atoms with Gasteiger partial charge in [0.2, 0.25) is 0 Å². The molecule has 1 aliphatic carbocycles. The lowest BCUT2D eigenvalue weighted by Crippen LogP contribution is -2.49. The molecule has 4 atom stereocenters. The fourth-order valence-corrected chi connectivity index (χ4v) is 3.92. The smallest absolute Gasteiger partial charge is 0.326 e. The number of carbonyl (C=O) groups excluding carboxylic acids is 1. The summed E-state index contributed by atoms with van der Waals surface area (Å²) in [4.78, 5) is 27.0. The van der Waals surface area contributed by atoms with Crippen molar-refractivity contribution in [3.05, 3.63) is 0 Å². The van der Waals surface area contributed by atoms with Crippen LogP contribution < -0.4 is 0 Å². The SMILES string of the molecule is O=C(O)C1C2CCCC2CN1C(=O)N1CCC(O)C1. The maximum absolute atomic E-state index is 12.4. The van der Waals surface area contributed by atoms with Crippen LogP contribution in [0.2, 0.25) is 0 Å². The van der Waals surface area contributed by atoms with Gasteiger partial charge in [0.15, 0.2) is 0 Å². The highest BCUT2D eigenvalue weighted by molar-refractivity contribution is 5.84. The highest BCUT2D eigenvalue weighted by Gasteiger charge is 2.50. The van der Waals surface area contributed by atoms with E-state index in [1.807, 2.05) is 0 Å². The first-order chi connectivity index (χ1) is 9.08. The number of aliphatic hydroxyl groups is 1. The van der Waals surface area contributed by atoms with Gasteiger partial charge in [0.1, 0.15) is 6.04 Å². The highest BCUT2D eigenvalue weighted by Crippen LogP contribution is 2.42. The molecule has 2 heterocycles. The number of aliphatic carboxylic acids is 1. The molecule has 2 saturated heterocycles. The molecule has 3 fully saturated rings. The Labute approximate surface area is 112 Å². The Bertz CT molecular complexity index is 400. The van der Waals surface area contributed by atoms with Crippen molar-refractivity contribution in [3.8, 4) is 0 Å². The molecule has 2 aliphatic heterocycles. The lowest BCUT2D eigenvalue weighted by atomic mass is 9.94.